The summed E-state index contributed by atoms with van der Waals surface area (Å²) in [7, 11) is 0. The Morgan fingerprint density at radius 1 is 0.950 bits per heavy atom. The van der Waals surface area contributed by atoms with Crippen LogP contribution in [0.4, 0.5) is 0 Å². The van der Waals surface area contributed by atoms with Gasteiger partial charge in [0.1, 0.15) is 5.82 Å². The molecule has 0 atom stereocenters. The Kier molecular flexibility index (Phi) is 3.05. The summed E-state index contributed by atoms with van der Waals surface area (Å²) in [4.78, 5) is 18.4. The number of carbonyl (C=O) groups is 1. The number of imidazole rings is 1. The monoisotopic (exact) mass is 264 g/mol. The van der Waals surface area contributed by atoms with E-state index in [9.17, 15) is 4.79 Å². The largest absolute Gasteiger partial charge is 0.478 e. The van der Waals surface area contributed by atoms with Crippen LogP contribution in [0, 0.1) is 0 Å². The maximum atomic E-state index is 10.8. The molecule has 1 aromatic heterocycles. The van der Waals surface area contributed by atoms with E-state index >= 15 is 0 Å². The van der Waals surface area contributed by atoms with E-state index in [0.717, 1.165) is 22.6 Å². The SMILES string of the molecule is O=C(O)c1ccc(-c2nc(-c3ccccc3)c[nH]2)cc1. The number of rotatable bonds is 3. The molecule has 0 bridgehead atoms. The molecule has 0 saturated heterocycles. The fourth-order valence-corrected chi connectivity index (χ4v) is 2.00. The summed E-state index contributed by atoms with van der Waals surface area (Å²) in [5.74, 6) is -0.207. The zero-order valence-corrected chi connectivity index (χ0v) is 10.6. The van der Waals surface area contributed by atoms with E-state index in [0.29, 0.717) is 0 Å². The summed E-state index contributed by atoms with van der Waals surface area (Å²) in [6.07, 6.45) is 1.84. The van der Waals surface area contributed by atoms with E-state index in [4.69, 9.17) is 5.11 Å². The first kappa shape index (κ1) is 12.2. The molecule has 0 unspecified atom stereocenters. The van der Waals surface area contributed by atoms with Gasteiger partial charge in [0.25, 0.3) is 0 Å². The highest BCUT2D eigenvalue weighted by molar-refractivity contribution is 5.88. The van der Waals surface area contributed by atoms with Gasteiger partial charge in [-0.05, 0) is 12.1 Å². The second-order valence-corrected chi connectivity index (χ2v) is 4.38. The highest BCUT2D eigenvalue weighted by Gasteiger charge is 2.07. The molecule has 1 heterocycles. The van der Waals surface area contributed by atoms with Gasteiger partial charge in [0, 0.05) is 17.3 Å². The second-order valence-electron chi connectivity index (χ2n) is 4.38. The van der Waals surface area contributed by atoms with E-state index in [1.807, 2.05) is 36.5 Å². The van der Waals surface area contributed by atoms with Crippen molar-refractivity contribution in [1.82, 2.24) is 9.97 Å². The van der Waals surface area contributed by atoms with Gasteiger partial charge >= 0.3 is 5.97 Å². The number of hydrogen-bond acceptors (Lipinski definition) is 2. The molecule has 0 aliphatic carbocycles. The fraction of sp³-hybridized carbons (Fsp3) is 0. The summed E-state index contributed by atoms with van der Waals surface area (Å²) in [6.45, 7) is 0. The van der Waals surface area contributed by atoms with Gasteiger partial charge in [-0.3, -0.25) is 0 Å². The molecule has 4 nitrogen and oxygen atoms in total. The van der Waals surface area contributed by atoms with Gasteiger partial charge in [0.2, 0.25) is 0 Å². The van der Waals surface area contributed by atoms with Crippen LogP contribution >= 0.6 is 0 Å². The molecule has 0 fully saturated rings. The Morgan fingerprint density at radius 3 is 2.30 bits per heavy atom. The third-order valence-corrected chi connectivity index (χ3v) is 3.05. The van der Waals surface area contributed by atoms with Crippen molar-refractivity contribution in [2.75, 3.05) is 0 Å². The third kappa shape index (κ3) is 2.31. The highest BCUT2D eigenvalue weighted by Crippen LogP contribution is 2.22. The Morgan fingerprint density at radius 2 is 1.65 bits per heavy atom. The van der Waals surface area contributed by atoms with Crippen LogP contribution in [-0.2, 0) is 0 Å². The zero-order valence-electron chi connectivity index (χ0n) is 10.6. The molecule has 3 aromatic rings. The lowest BCUT2D eigenvalue weighted by Crippen LogP contribution is -1.95. The maximum Gasteiger partial charge on any atom is 0.335 e. The molecule has 0 radical (unpaired) electrons. The molecule has 2 N–H and O–H groups in total. The number of hydrogen-bond donors (Lipinski definition) is 2. The van der Waals surface area contributed by atoms with Gasteiger partial charge in [0.05, 0.1) is 11.3 Å². The van der Waals surface area contributed by atoms with Crippen LogP contribution in [0.15, 0.2) is 60.8 Å². The quantitative estimate of drug-likeness (QED) is 0.761. The van der Waals surface area contributed by atoms with Crippen LogP contribution in [0.5, 0.6) is 0 Å². The molecular weight excluding hydrogens is 252 g/mol. The molecule has 0 spiro atoms. The number of aromatic carboxylic acids is 1. The summed E-state index contributed by atoms with van der Waals surface area (Å²) < 4.78 is 0. The number of H-pyrrole nitrogens is 1. The van der Waals surface area contributed by atoms with Crippen molar-refractivity contribution in [2.45, 2.75) is 0 Å². The number of aromatic amines is 1. The molecule has 3 rings (SSSR count). The van der Waals surface area contributed by atoms with Crippen molar-refractivity contribution >= 4 is 5.97 Å². The number of carboxylic acids is 1. The van der Waals surface area contributed by atoms with Crippen LogP contribution in [0.3, 0.4) is 0 Å². The topological polar surface area (TPSA) is 66.0 Å². The number of nitrogens with zero attached hydrogens (tertiary/aromatic N) is 1. The normalized spacial score (nSPS) is 10.4. The number of aromatic nitrogens is 2. The summed E-state index contributed by atoms with van der Waals surface area (Å²) >= 11 is 0. The van der Waals surface area contributed by atoms with Gasteiger partial charge < -0.3 is 10.1 Å². The summed E-state index contributed by atoms with van der Waals surface area (Å²) in [5.41, 5.74) is 3.03. The molecule has 0 amide bonds. The standard InChI is InChI=1S/C16H12N2O2/c19-16(20)13-8-6-12(7-9-13)15-17-10-14(18-15)11-4-2-1-3-5-11/h1-10H,(H,17,18)(H,19,20). The van der Waals surface area contributed by atoms with Crippen molar-refractivity contribution < 1.29 is 9.90 Å². The molecule has 2 aromatic carbocycles. The van der Waals surface area contributed by atoms with E-state index in [1.165, 1.54) is 0 Å². The van der Waals surface area contributed by atoms with Crippen LogP contribution in [0.25, 0.3) is 22.6 Å². The van der Waals surface area contributed by atoms with Crippen LogP contribution < -0.4 is 0 Å². The molecule has 0 saturated carbocycles. The summed E-state index contributed by atoms with van der Waals surface area (Å²) in [6, 6.07) is 16.5. The van der Waals surface area contributed by atoms with E-state index in [1.54, 1.807) is 24.3 Å². The second kappa shape index (κ2) is 5.01. The molecule has 0 aliphatic rings. The highest BCUT2D eigenvalue weighted by atomic mass is 16.4. The van der Waals surface area contributed by atoms with Crippen molar-refractivity contribution in [3.05, 3.63) is 66.4 Å². The van der Waals surface area contributed by atoms with Gasteiger partial charge in [-0.15, -0.1) is 0 Å². The predicted molar refractivity (Wildman–Crippen MR) is 76.4 cm³/mol. The summed E-state index contributed by atoms with van der Waals surface area (Å²) in [5, 5.41) is 8.88. The average molecular weight is 264 g/mol. The first-order chi connectivity index (χ1) is 9.74. The lowest BCUT2D eigenvalue weighted by Gasteiger charge is -1.98. The van der Waals surface area contributed by atoms with Gasteiger partial charge in [-0.1, -0.05) is 42.5 Å². The molecule has 20 heavy (non-hydrogen) atoms. The van der Waals surface area contributed by atoms with Crippen molar-refractivity contribution in [2.24, 2.45) is 0 Å². The zero-order chi connectivity index (χ0) is 13.9. The average Bonchev–Trinajstić information content (AvgIpc) is 2.98. The number of nitrogens with one attached hydrogen (secondary N) is 1. The van der Waals surface area contributed by atoms with E-state index in [2.05, 4.69) is 9.97 Å². The van der Waals surface area contributed by atoms with Crippen molar-refractivity contribution in [3.8, 4) is 22.6 Å². The molecule has 98 valence electrons. The Labute approximate surface area is 115 Å². The fourth-order valence-electron chi connectivity index (χ4n) is 2.00. The van der Waals surface area contributed by atoms with Crippen LogP contribution in [0.1, 0.15) is 10.4 Å². The molecule has 0 aliphatic heterocycles. The van der Waals surface area contributed by atoms with Crippen LogP contribution in [-0.4, -0.2) is 21.0 Å². The number of carboxylic acid groups (broad SMARTS) is 1. The first-order valence-electron chi connectivity index (χ1n) is 6.18. The molecule has 4 heteroatoms. The maximum absolute atomic E-state index is 10.8. The third-order valence-electron chi connectivity index (χ3n) is 3.05. The minimum absolute atomic E-state index is 0.267. The van der Waals surface area contributed by atoms with Crippen molar-refractivity contribution in [1.29, 1.82) is 0 Å². The van der Waals surface area contributed by atoms with Crippen molar-refractivity contribution in [3.63, 3.8) is 0 Å². The van der Waals surface area contributed by atoms with Crippen LogP contribution in [0.2, 0.25) is 0 Å². The first-order valence-corrected chi connectivity index (χ1v) is 6.18. The Balaban J connectivity index is 1.92. The lowest BCUT2D eigenvalue weighted by atomic mass is 10.1. The smallest absolute Gasteiger partial charge is 0.335 e. The van der Waals surface area contributed by atoms with Gasteiger partial charge in [-0.25, -0.2) is 9.78 Å². The van der Waals surface area contributed by atoms with Gasteiger partial charge in [-0.2, -0.15) is 0 Å². The number of benzene rings is 2. The predicted octanol–water partition coefficient (Wildman–Crippen LogP) is 3.44. The minimum atomic E-state index is -0.930. The Hall–Kier alpha value is -2.88. The van der Waals surface area contributed by atoms with Gasteiger partial charge in [0.15, 0.2) is 0 Å². The van der Waals surface area contributed by atoms with E-state index in [-0.39, 0.29) is 5.56 Å². The van der Waals surface area contributed by atoms with E-state index < -0.39 is 5.97 Å². The Bertz CT molecular complexity index is 731. The molecular formula is C16H12N2O2. The lowest BCUT2D eigenvalue weighted by molar-refractivity contribution is 0.0697. The minimum Gasteiger partial charge on any atom is -0.478 e.